The van der Waals surface area contributed by atoms with E-state index in [1.807, 2.05) is 38.1 Å². The second-order valence-electron chi connectivity index (χ2n) is 6.91. The monoisotopic (exact) mass is 389 g/mol. The fraction of sp³-hybridized carbons (Fsp3) is 0.450. The van der Waals surface area contributed by atoms with Crippen molar-refractivity contribution in [1.82, 2.24) is 15.0 Å². The molecule has 2 heterocycles. The van der Waals surface area contributed by atoms with Crippen molar-refractivity contribution in [2.75, 3.05) is 13.6 Å². The maximum atomic E-state index is 13.3. The van der Waals surface area contributed by atoms with Gasteiger partial charge in [0.1, 0.15) is 11.5 Å². The summed E-state index contributed by atoms with van der Waals surface area (Å²) in [5.41, 5.74) is 1.52. The SMILES string of the molecule is CCN1C(=O)CC[C@@H](C(=O)N(C)Cc2cc(C)on2)[C@@H]1c1ccccc1Cl. The summed E-state index contributed by atoms with van der Waals surface area (Å²) in [6.45, 7) is 4.64. The van der Waals surface area contributed by atoms with Gasteiger partial charge in [0.25, 0.3) is 0 Å². The van der Waals surface area contributed by atoms with Gasteiger partial charge in [-0.1, -0.05) is 35.0 Å². The van der Waals surface area contributed by atoms with E-state index in [4.69, 9.17) is 16.1 Å². The molecule has 1 aromatic carbocycles. The van der Waals surface area contributed by atoms with Gasteiger partial charge < -0.3 is 14.3 Å². The molecule has 1 aliphatic heterocycles. The lowest BCUT2D eigenvalue weighted by atomic mass is 9.83. The maximum Gasteiger partial charge on any atom is 0.228 e. The summed E-state index contributed by atoms with van der Waals surface area (Å²) in [5.74, 6) is 0.397. The lowest BCUT2D eigenvalue weighted by Gasteiger charge is -2.41. The second kappa shape index (κ2) is 8.13. The molecule has 27 heavy (non-hydrogen) atoms. The number of hydrogen-bond acceptors (Lipinski definition) is 4. The summed E-state index contributed by atoms with van der Waals surface area (Å²) < 4.78 is 5.09. The largest absolute Gasteiger partial charge is 0.361 e. The number of carbonyl (C=O) groups excluding carboxylic acids is 2. The minimum absolute atomic E-state index is 0.0217. The third kappa shape index (κ3) is 4.00. The van der Waals surface area contributed by atoms with Gasteiger partial charge >= 0.3 is 0 Å². The summed E-state index contributed by atoms with van der Waals surface area (Å²) in [5, 5.41) is 4.54. The molecule has 1 aromatic heterocycles. The topological polar surface area (TPSA) is 66.7 Å². The molecule has 0 N–H and O–H groups in total. The zero-order valence-electron chi connectivity index (χ0n) is 15.8. The fourth-order valence-corrected chi connectivity index (χ4v) is 4.03. The second-order valence-corrected chi connectivity index (χ2v) is 7.32. The van der Waals surface area contributed by atoms with Gasteiger partial charge in [0.2, 0.25) is 11.8 Å². The summed E-state index contributed by atoms with van der Waals surface area (Å²) in [6, 6.07) is 8.89. The average Bonchev–Trinajstić information content (AvgIpc) is 3.06. The molecular formula is C20H24ClN3O3. The standard InChI is InChI=1S/C20H24ClN3O3/c1-4-24-18(25)10-9-16(19(24)15-7-5-6-8-17(15)21)20(26)23(3)12-14-11-13(2)27-22-14/h5-8,11,16,19H,4,9-10,12H2,1-3H3/t16-,19+/m1/s1. The van der Waals surface area contributed by atoms with Crippen molar-refractivity contribution in [3.63, 3.8) is 0 Å². The third-order valence-corrected chi connectivity index (χ3v) is 5.38. The van der Waals surface area contributed by atoms with E-state index in [-0.39, 0.29) is 23.8 Å². The molecule has 2 atom stereocenters. The molecule has 1 aliphatic rings. The molecule has 0 bridgehead atoms. The van der Waals surface area contributed by atoms with Gasteiger partial charge in [0.15, 0.2) is 0 Å². The van der Waals surface area contributed by atoms with E-state index in [2.05, 4.69) is 5.16 Å². The number of nitrogens with zero attached hydrogens (tertiary/aromatic N) is 3. The first kappa shape index (κ1) is 19.4. The molecule has 1 saturated heterocycles. The highest BCUT2D eigenvalue weighted by molar-refractivity contribution is 6.31. The molecule has 6 nitrogen and oxygen atoms in total. The van der Waals surface area contributed by atoms with Crippen molar-refractivity contribution in [3.8, 4) is 0 Å². The normalized spacial score (nSPS) is 20.0. The Morgan fingerprint density at radius 2 is 2.15 bits per heavy atom. The van der Waals surface area contributed by atoms with Crippen LogP contribution in [0.2, 0.25) is 5.02 Å². The van der Waals surface area contributed by atoms with Crippen molar-refractivity contribution in [2.45, 2.75) is 39.3 Å². The van der Waals surface area contributed by atoms with E-state index >= 15 is 0 Å². The highest BCUT2D eigenvalue weighted by Gasteiger charge is 2.41. The van der Waals surface area contributed by atoms with Crippen molar-refractivity contribution < 1.29 is 14.1 Å². The quantitative estimate of drug-likeness (QED) is 0.783. The molecule has 0 saturated carbocycles. The zero-order chi connectivity index (χ0) is 19.6. The van der Waals surface area contributed by atoms with Gasteiger partial charge in [-0.25, -0.2) is 0 Å². The number of hydrogen-bond donors (Lipinski definition) is 0. The smallest absolute Gasteiger partial charge is 0.228 e. The van der Waals surface area contributed by atoms with Crippen molar-refractivity contribution in [1.29, 1.82) is 0 Å². The van der Waals surface area contributed by atoms with Crippen molar-refractivity contribution >= 4 is 23.4 Å². The lowest BCUT2D eigenvalue weighted by Crippen LogP contribution is -2.48. The Morgan fingerprint density at radius 3 is 2.78 bits per heavy atom. The molecular weight excluding hydrogens is 366 g/mol. The number of benzene rings is 1. The Hall–Kier alpha value is -2.34. The van der Waals surface area contributed by atoms with E-state index in [0.717, 1.165) is 5.56 Å². The molecule has 2 aromatic rings. The van der Waals surface area contributed by atoms with Crippen LogP contribution in [0, 0.1) is 12.8 Å². The number of amides is 2. The molecule has 0 aliphatic carbocycles. The van der Waals surface area contributed by atoms with E-state index in [1.54, 1.807) is 22.9 Å². The number of carbonyl (C=O) groups is 2. The van der Waals surface area contributed by atoms with Crippen LogP contribution in [0.3, 0.4) is 0 Å². The van der Waals surface area contributed by atoms with E-state index in [1.165, 1.54) is 0 Å². The van der Waals surface area contributed by atoms with Crippen LogP contribution in [0.1, 0.15) is 42.8 Å². The Kier molecular flexibility index (Phi) is 5.85. The van der Waals surface area contributed by atoms with Crippen LogP contribution >= 0.6 is 11.6 Å². The van der Waals surface area contributed by atoms with Crippen molar-refractivity contribution in [2.24, 2.45) is 5.92 Å². The highest BCUT2D eigenvalue weighted by Crippen LogP contribution is 2.40. The summed E-state index contributed by atoms with van der Waals surface area (Å²) >= 11 is 6.42. The third-order valence-electron chi connectivity index (χ3n) is 5.04. The van der Waals surface area contributed by atoms with Gasteiger partial charge in [-0.3, -0.25) is 9.59 Å². The molecule has 1 fully saturated rings. The van der Waals surface area contributed by atoms with Crippen molar-refractivity contribution in [3.05, 3.63) is 52.4 Å². The fourth-order valence-electron chi connectivity index (χ4n) is 3.78. The molecule has 2 amide bonds. The molecule has 0 radical (unpaired) electrons. The van der Waals surface area contributed by atoms with E-state index in [0.29, 0.717) is 42.4 Å². The predicted octanol–water partition coefficient (Wildman–Crippen LogP) is 3.59. The highest BCUT2D eigenvalue weighted by atomic mass is 35.5. The van der Waals surface area contributed by atoms with Crippen LogP contribution in [-0.4, -0.2) is 40.4 Å². The average molecular weight is 390 g/mol. The maximum absolute atomic E-state index is 13.3. The molecule has 0 unspecified atom stereocenters. The number of piperidine rings is 1. The molecule has 7 heteroatoms. The predicted molar refractivity (Wildman–Crippen MR) is 102 cm³/mol. The Labute approximate surface area is 164 Å². The van der Waals surface area contributed by atoms with Crippen LogP contribution < -0.4 is 0 Å². The van der Waals surface area contributed by atoms with Crippen LogP contribution in [0.5, 0.6) is 0 Å². The molecule has 144 valence electrons. The van der Waals surface area contributed by atoms with E-state index < -0.39 is 0 Å². The Balaban J connectivity index is 1.89. The van der Waals surface area contributed by atoms with Crippen LogP contribution in [-0.2, 0) is 16.1 Å². The summed E-state index contributed by atoms with van der Waals surface area (Å²) in [4.78, 5) is 29.2. The minimum Gasteiger partial charge on any atom is -0.361 e. The number of halogens is 1. The van der Waals surface area contributed by atoms with Gasteiger partial charge in [0.05, 0.1) is 18.5 Å². The number of aromatic nitrogens is 1. The lowest BCUT2D eigenvalue weighted by molar-refractivity contribution is -0.147. The summed E-state index contributed by atoms with van der Waals surface area (Å²) in [7, 11) is 1.75. The first-order chi connectivity index (χ1) is 12.9. The van der Waals surface area contributed by atoms with Gasteiger partial charge in [-0.15, -0.1) is 0 Å². The Morgan fingerprint density at radius 1 is 1.41 bits per heavy atom. The van der Waals surface area contributed by atoms with E-state index in [9.17, 15) is 9.59 Å². The van der Waals surface area contributed by atoms with Gasteiger partial charge in [-0.05, 0) is 31.9 Å². The van der Waals surface area contributed by atoms with Gasteiger partial charge in [0, 0.05) is 31.1 Å². The van der Waals surface area contributed by atoms with Gasteiger partial charge in [-0.2, -0.15) is 0 Å². The Bertz CT molecular complexity index is 835. The van der Waals surface area contributed by atoms with Crippen LogP contribution in [0.15, 0.2) is 34.9 Å². The molecule has 3 rings (SSSR count). The number of rotatable bonds is 5. The first-order valence-electron chi connectivity index (χ1n) is 9.13. The zero-order valence-corrected chi connectivity index (χ0v) is 16.6. The molecule has 0 spiro atoms. The number of likely N-dealkylation sites (tertiary alicyclic amines) is 1. The first-order valence-corrected chi connectivity index (χ1v) is 9.51. The van der Waals surface area contributed by atoms with Crippen LogP contribution in [0.25, 0.3) is 0 Å². The minimum atomic E-state index is -0.362. The summed E-state index contributed by atoms with van der Waals surface area (Å²) in [6.07, 6.45) is 0.869. The van der Waals surface area contributed by atoms with Crippen LogP contribution in [0.4, 0.5) is 0 Å². The number of aryl methyl sites for hydroxylation is 1.